The van der Waals surface area contributed by atoms with Gasteiger partial charge in [-0.05, 0) is 63.0 Å². The summed E-state index contributed by atoms with van der Waals surface area (Å²) >= 11 is 12.0. The van der Waals surface area contributed by atoms with E-state index in [0.29, 0.717) is 23.4 Å². The van der Waals surface area contributed by atoms with Crippen LogP contribution in [0.1, 0.15) is 57.8 Å². The minimum atomic E-state index is 0.135. The summed E-state index contributed by atoms with van der Waals surface area (Å²) < 4.78 is 0. The van der Waals surface area contributed by atoms with E-state index in [-0.39, 0.29) is 11.9 Å². The van der Waals surface area contributed by atoms with Crippen molar-refractivity contribution < 1.29 is 4.79 Å². The van der Waals surface area contributed by atoms with Gasteiger partial charge in [0.15, 0.2) is 0 Å². The molecule has 1 heterocycles. The Morgan fingerprint density at radius 1 is 1.00 bits per heavy atom. The highest BCUT2D eigenvalue weighted by Gasteiger charge is 2.36. The highest BCUT2D eigenvalue weighted by Crippen LogP contribution is 2.32. The molecule has 2 atom stereocenters. The Kier molecular flexibility index (Phi) is 7.65. The van der Waals surface area contributed by atoms with E-state index in [2.05, 4.69) is 4.90 Å². The minimum absolute atomic E-state index is 0.135. The monoisotopic (exact) mass is 396 g/mol. The highest BCUT2D eigenvalue weighted by atomic mass is 35.5. The van der Waals surface area contributed by atoms with Crippen molar-refractivity contribution in [1.29, 1.82) is 0 Å². The molecule has 1 aliphatic carbocycles. The first-order chi connectivity index (χ1) is 12.7. The number of amides is 1. The van der Waals surface area contributed by atoms with Gasteiger partial charge in [-0.2, -0.15) is 0 Å². The second-order valence-corrected chi connectivity index (χ2v) is 8.36. The smallest absolute Gasteiger partial charge is 0.228 e. The van der Waals surface area contributed by atoms with Crippen LogP contribution in [0.25, 0.3) is 0 Å². The van der Waals surface area contributed by atoms with Crippen LogP contribution in [0.5, 0.6) is 0 Å². The lowest BCUT2D eigenvalue weighted by Crippen LogP contribution is -2.54. The van der Waals surface area contributed by atoms with Crippen molar-refractivity contribution in [3.05, 3.63) is 29.3 Å². The zero-order valence-corrected chi connectivity index (χ0v) is 17.0. The number of likely N-dealkylation sites (tertiary alicyclic amines) is 1. The van der Waals surface area contributed by atoms with Gasteiger partial charge in [0.05, 0.1) is 6.04 Å². The molecule has 1 saturated heterocycles. The van der Waals surface area contributed by atoms with E-state index < -0.39 is 0 Å². The molecule has 2 fully saturated rings. The van der Waals surface area contributed by atoms with Crippen LogP contribution in [0.3, 0.4) is 0 Å². The van der Waals surface area contributed by atoms with Crippen LogP contribution in [0.15, 0.2) is 24.3 Å². The first kappa shape index (κ1) is 20.0. The maximum atomic E-state index is 13.1. The molecule has 1 aliphatic heterocycles. The third-order valence-electron chi connectivity index (χ3n) is 5.82. The van der Waals surface area contributed by atoms with Gasteiger partial charge >= 0.3 is 0 Å². The van der Waals surface area contributed by atoms with E-state index in [9.17, 15) is 4.79 Å². The molecule has 26 heavy (non-hydrogen) atoms. The van der Waals surface area contributed by atoms with Crippen LogP contribution < -0.4 is 4.90 Å². The summed E-state index contributed by atoms with van der Waals surface area (Å²) in [5, 5.41) is 0.701. The maximum Gasteiger partial charge on any atom is 0.228 e. The average molecular weight is 397 g/mol. The lowest BCUT2D eigenvalue weighted by atomic mass is 9.96. The number of rotatable bonds is 5. The van der Waals surface area contributed by atoms with Crippen molar-refractivity contribution in [1.82, 2.24) is 4.90 Å². The number of carbonyl (C=O) groups excluding carboxylic acids is 1. The molecule has 1 aromatic rings. The quantitative estimate of drug-likeness (QED) is 0.485. The third kappa shape index (κ3) is 4.94. The fourth-order valence-corrected chi connectivity index (χ4v) is 4.86. The van der Waals surface area contributed by atoms with Crippen molar-refractivity contribution in [2.45, 2.75) is 69.9 Å². The average Bonchev–Trinajstić information content (AvgIpc) is 2.90. The summed E-state index contributed by atoms with van der Waals surface area (Å²) in [6.45, 7) is 2.33. The zero-order valence-electron chi connectivity index (χ0n) is 15.5. The molecule has 3 rings (SSSR count). The third-order valence-corrected chi connectivity index (χ3v) is 6.26. The zero-order chi connectivity index (χ0) is 18.4. The number of benzene rings is 1. The number of alkyl halides is 1. The fourth-order valence-electron chi connectivity index (χ4n) is 4.57. The normalized spacial score (nSPS) is 24.8. The molecular formula is C21H30Cl2N2O. The van der Waals surface area contributed by atoms with Gasteiger partial charge in [-0.3, -0.25) is 9.69 Å². The number of halogens is 2. The van der Waals surface area contributed by atoms with Crippen LogP contribution in [0, 0.1) is 0 Å². The van der Waals surface area contributed by atoms with Crippen LogP contribution in [0.2, 0.25) is 5.02 Å². The molecule has 1 saturated carbocycles. The highest BCUT2D eigenvalue weighted by molar-refractivity contribution is 6.30. The van der Waals surface area contributed by atoms with E-state index >= 15 is 0 Å². The van der Waals surface area contributed by atoms with Crippen molar-refractivity contribution in [3.63, 3.8) is 0 Å². The van der Waals surface area contributed by atoms with Gasteiger partial charge in [0.2, 0.25) is 5.91 Å². The predicted octanol–water partition coefficient (Wildman–Crippen LogP) is 5.49. The SMILES string of the molecule is O=C(CCCl)N(c1ccc(Cl)cc1)C1CCCCCC1N1CCCCC1. The van der Waals surface area contributed by atoms with Crippen LogP contribution >= 0.6 is 23.2 Å². The summed E-state index contributed by atoms with van der Waals surface area (Å²) in [5.41, 5.74) is 0.957. The molecule has 2 unspecified atom stereocenters. The Morgan fingerprint density at radius 2 is 1.65 bits per heavy atom. The van der Waals surface area contributed by atoms with E-state index in [0.717, 1.165) is 12.1 Å². The first-order valence-electron chi connectivity index (χ1n) is 10.1. The standard InChI is InChI=1S/C21H30Cl2N2O/c22-14-13-21(26)25(18-11-9-17(23)10-12-18)20-8-4-1-3-7-19(20)24-15-5-2-6-16-24/h9-12,19-20H,1-8,13-16H2. The molecule has 144 valence electrons. The molecule has 0 spiro atoms. The van der Waals surface area contributed by atoms with Crippen molar-refractivity contribution >= 4 is 34.8 Å². The molecule has 1 amide bonds. The van der Waals surface area contributed by atoms with Crippen LogP contribution in [-0.2, 0) is 4.79 Å². The van der Waals surface area contributed by atoms with Crippen molar-refractivity contribution in [2.24, 2.45) is 0 Å². The molecule has 5 heteroatoms. The first-order valence-corrected chi connectivity index (χ1v) is 11.0. The predicted molar refractivity (Wildman–Crippen MR) is 110 cm³/mol. The van der Waals surface area contributed by atoms with Gasteiger partial charge in [-0.1, -0.05) is 37.3 Å². The lowest BCUT2D eigenvalue weighted by molar-refractivity contribution is -0.119. The molecule has 3 nitrogen and oxygen atoms in total. The minimum Gasteiger partial charge on any atom is -0.308 e. The Hall–Kier alpha value is -0.770. The molecule has 2 aliphatic rings. The van der Waals surface area contributed by atoms with Gasteiger partial charge in [-0.15, -0.1) is 11.6 Å². The number of hydrogen-bond donors (Lipinski definition) is 0. The van der Waals surface area contributed by atoms with E-state index in [1.807, 2.05) is 29.2 Å². The molecular weight excluding hydrogens is 367 g/mol. The van der Waals surface area contributed by atoms with E-state index in [1.165, 1.54) is 58.0 Å². The number of hydrogen-bond acceptors (Lipinski definition) is 2. The Balaban J connectivity index is 1.91. The second kappa shape index (κ2) is 9.96. The van der Waals surface area contributed by atoms with Crippen LogP contribution in [-0.4, -0.2) is 41.9 Å². The van der Waals surface area contributed by atoms with Gasteiger partial charge in [0, 0.05) is 29.1 Å². The number of nitrogens with zero attached hydrogens (tertiary/aromatic N) is 2. The molecule has 0 bridgehead atoms. The fraction of sp³-hybridized carbons (Fsp3) is 0.667. The summed E-state index contributed by atoms with van der Waals surface area (Å²) in [6.07, 6.45) is 10.2. The van der Waals surface area contributed by atoms with Gasteiger partial charge in [-0.25, -0.2) is 0 Å². The molecule has 1 aromatic carbocycles. The van der Waals surface area contributed by atoms with Gasteiger partial charge < -0.3 is 4.90 Å². The maximum absolute atomic E-state index is 13.1. The van der Waals surface area contributed by atoms with Gasteiger partial charge in [0.1, 0.15) is 0 Å². The van der Waals surface area contributed by atoms with E-state index in [1.54, 1.807) is 0 Å². The summed E-state index contributed by atoms with van der Waals surface area (Å²) in [6, 6.07) is 8.40. The Labute approximate surface area is 167 Å². The van der Waals surface area contributed by atoms with Gasteiger partial charge in [0.25, 0.3) is 0 Å². The topological polar surface area (TPSA) is 23.6 Å². The lowest BCUT2D eigenvalue weighted by Gasteiger charge is -2.43. The summed E-state index contributed by atoms with van der Waals surface area (Å²) in [4.78, 5) is 17.8. The summed E-state index contributed by atoms with van der Waals surface area (Å²) in [7, 11) is 0. The number of carbonyl (C=O) groups is 1. The van der Waals surface area contributed by atoms with Crippen LogP contribution in [0.4, 0.5) is 5.69 Å². The van der Waals surface area contributed by atoms with Crippen molar-refractivity contribution in [3.8, 4) is 0 Å². The van der Waals surface area contributed by atoms with Crippen molar-refractivity contribution in [2.75, 3.05) is 23.9 Å². The molecule has 0 aromatic heterocycles. The molecule has 0 radical (unpaired) electrons. The Bertz CT molecular complexity index is 572. The largest absolute Gasteiger partial charge is 0.308 e. The Morgan fingerprint density at radius 3 is 2.35 bits per heavy atom. The van der Waals surface area contributed by atoms with E-state index in [4.69, 9.17) is 23.2 Å². The number of anilines is 1. The summed E-state index contributed by atoms with van der Waals surface area (Å²) in [5.74, 6) is 0.501. The second-order valence-electron chi connectivity index (χ2n) is 7.55. The number of piperidine rings is 1. The molecule has 0 N–H and O–H groups in total.